The lowest BCUT2D eigenvalue weighted by molar-refractivity contribution is 0.180. The van der Waals surface area contributed by atoms with Crippen LogP contribution < -0.4 is 4.72 Å². The summed E-state index contributed by atoms with van der Waals surface area (Å²) >= 11 is 5.57. The number of pyridine rings is 1. The van der Waals surface area contributed by atoms with Gasteiger partial charge in [0.1, 0.15) is 10.0 Å². The second-order valence-electron chi connectivity index (χ2n) is 3.29. The molecule has 0 saturated heterocycles. The Morgan fingerprint density at radius 1 is 1.56 bits per heavy atom. The van der Waals surface area contributed by atoms with E-state index in [-0.39, 0.29) is 16.1 Å². The summed E-state index contributed by atoms with van der Waals surface area (Å²) in [7, 11) is -2.04. The molecule has 0 spiro atoms. The maximum atomic E-state index is 11.8. The van der Waals surface area contributed by atoms with Gasteiger partial charge < -0.3 is 4.74 Å². The lowest BCUT2D eigenvalue weighted by atomic mass is 10.4. The Balaban J connectivity index is 2.82. The summed E-state index contributed by atoms with van der Waals surface area (Å²) in [5, 5.41) is 0.254. The number of sulfonamides is 1. The summed E-state index contributed by atoms with van der Waals surface area (Å²) in [4.78, 5) is 3.80. The van der Waals surface area contributed by atoms with Crippen molar-refractivity contribution in [3.05, 3.63) is 23.5 Å². The molecule has 5 nitrogen and oxygen atoms in total. The van der Waals surface area contributed by atoms with E-state index in [2.05, 4.69) is 9.71 Å². The number of nitrogens with one attached hydrogen (secondary N) is 1. The van der Waals surface area contributed by atoms with Crippen LogP contribution in [0.2, 0.25) is 5.15 Å². The van der Waals surface area contributed by atoms with E-state index in [1.54, 1.807) is 6.92 Å². The van der Waals surface area contributed by atoms with E-state index >= 15 is 0 Å². The highest BCUT2D eigenvalue weighted by atomic mass is 35.5. The van der Waals surface area contributed by atoms with Crippen LogP contribution in [0.3, 0.4) is 0 Å². The number of halogens is 1. The normalized spacial score (nSPS) is 13.7. The zero-order chi connectivity index (χ0) is 12.2. The molecule has 0 aromatic carbocycles. The lowest BCUT2D eigenvalue weighted by Gasteiger charge is -2.12. The molecule has 90 valence electrons. The first kappa shape index (κ1) is 13.4. The maximum absolute atomic E-state index is 11.8. The third kappa shape index (κ3) is 3.71. The minimum Gasteiger partial charge on any atom is -0.383 e. The number of hydrogen-bond donors (Lipinski definition) is 1. The van der Waals surface area contributed by atoms with Crippen LogP contribution in [0.5, 0.6) is 0 Å². The number of hydrogen-bond acceptors (Lipinski definition) is 4. The predicted molar refractivity (Wildman–Crippen MR) is 60.9 cm³/mol. The van der Waals surface area contributed by atoms with Gasteiger partial charge >= 0.3 is 0 Å². The molecule has 1 N–H and O–H groups in total. The van der Waals surface area contributed by atoms with Gasteiger partial charge in [-0.25, -0.2) is 18.1 Å². The molecule has 1 heterocycles. The largest absolute Gasteiger partial charge is 0.383 e. The molecule has 0 saturated carbocycles. The fourth-order valence-electron chi connectivity index (χ4n) is 1.14. The van der Waals surface area contributed by atoms with Gasteiger partial charge in [0.15, 0.2) is 0 Å². The van der Waals surface area contributed by atoms with Crippen LogP contribution in [-0.4, -0.2) is 33.2 Å². The molecule has 1 atom stereocenters. The Labute approximate surface area is 99.8 Å². The quantitative estimate of drug-likeness (QED) is 0.807. The molecular formula is C9H13ClN2O3S. The SMILES string of the molecule is COC[C@@H](C)NS(=O)(=O)c1ccc(Cl)nc1. The number of nitrogens with zero attached hydrogens (tertiary/aromatic N) is 1. The van der Waals surface area contributed by atoms with Crippen molar-refractivity contribution in [1.82, 2.24) is 9.71 Å². The van der Waals surface area contributed by atoms with Crippen molar-refractivity contribution in [3.63, 3.8) is 0 Å². The van der Waals surface area contributed by atoms with E-state index in [1.165, 1.54) is 25.4 Å². The standard InChI is InChI=1S/C9H13ClN2O3S/c1-7(6-15-2)12-16(13,14)8-3-4-9(10)11-5-8/h3-5,7,12H,6H2,1-2H3/t7-/m1/s1. The topological polar surface area (TPSA) is 68.3 Å². The van der Waals surface area contributed by atoms with Gasteiger partial charge in [-0.3, -0.25) is 0 Å². The first-order valence-corrected chi connectivity index (χ1v) is 6.44. The van der Waals surface area contributed by atoms with Crippen molar-refractivity contribution in [1.29, 1.82) is 0 Å². The average molecular weight is 265 g/mol. The van der Waals surface area contributed by atoms with Crippen LogP contribution >= 0.6 is 11.6 Å². The fourth-order valence-corrected chi connectivity index (χ4v) is 2.42. The Bertz CT molecular complexity index is 433. The van der Waals surface area contributed by atoms with E-state index in [0.717, 1.165) is 0 Å². The highest BCUT2D eigenvalue weighted by Crippen LogP contribution is 2.11. The molecule has 0 aliphatic heterocycles. The number of methoxy groups -OCH3 is 1. The summed E-state index contributed by atoms with van der Waals surface area (Å²) in [5.41, 5.74) is 0. The third-order valence-corrected chi connectivity index (χ3v) is 3.58. The Hall–Kier alpha value is -0.690. The fraction of sp³-hybridized carbons (Fsp3) is 0.444. The number of rotatable bonds is 5. The molecule has 0 fully saturated rings. The molecule has 0 amide bonds. The predicted octanol–water partition coefficient (Wildman–Crippen LogP) is 1.05. The second-order valence-corrected chi connectivity index (χ2v) is 5.40. The molecule has 0 unspecified atom stereocenters. The lowest BCUT2D eigenvalue weighted by Crippen LogP contribution is -2.35. The number of aromatic nitrogens is 1. The summed E-state index contributed by atoms with van der Waals surface area (Å²) in [6, 6.07) is 2.53. The summed E-state index contributed by atoms with van der Waals surface area (Å²) in [6.45, 7) is 2.02. The van der Waals surface area contributed by atoms with Crippen molar-refractivity contribution in [2.75, 3.05) is 13.7 Å². The van der Waals surface area contributed by atoms with Crippen molar-refractivity contribution < 1.29 is 13.2 Å². The Morgan fingerprint density at radius 3 is 2.75 bits per heavy atom. The van der Waals surface area contributed by atoms with Crippen LogP contribution in [0.1, 0.15) is 6.92 Å². The Kier molecular flexibility index (Phi) is 4.67. The minimum absolute atomic E-state index is 0.0832. The van der Waals surface area contributed by atoms with Gasteiger partial charge in [0.25, 0.3) is 0 Å². The van der Waals surface area contributed by atoms with E-state index in [0.29, 0.717) is 6.61 Å². The van der Waals surface area contributed by atoms with E-state index in [1.807, 2.05) is 0 Å². The zero-order valence-electron chi connectivity index (χ0n) is 8.97. The van der Waals surface area contributed by atoms with Gasteiger partial charge in [-0.1, -0.05) is 11.6 Å². The molecule has 7 heteroatoms. The van der Waals surface area contributed by atoms with Gasteiger partial charge in [0, 0.05) is 19.3 Å². The first-order valence-electron chi connectivity index (χ1n) is 4.58. The first-order chi connectivity index (χ1) is 7.45. The van der Waals surface area contributed by atoms with Crippen LogP contribution in [-0.2, 0) is 14.8 Å². The van der Waals surface area contributed by atoms with Crippen molar-refractivity contribution >= 4 is 21.6 Å². The highest BCUT2D eigenvalue weighted by molar-refractivity contribution is 7.89. The second kappa shape index (κ2) is 5.58. The van der Waals surface area contributed by atoms with E-state index in [9.17, 15) is 8.42 Å². The molecule has 0 radical (unpaired) electrons. The van der Waals surface area contributed by atoms with Gasteiger partial charge in [-0.15, -0.1) is 0 Å². The van der Waals surface area contributed by atoms with Gasteiger partial charge in [-0.05, 0) is 19.1 Å². The number of ether oxygens (including phenoxy) is 1. The zero-order valence-corrected chi connectivity index (χ0v) is 10.5. The highest BCUT2D eigenvalue weighted by Gasteiger charge is 2.17. The molecular weight excluding hydrogens is 252 g/mol. The van der Waals surface area contributed by atoms with E-state index in [4.69, 9.17) is 16.3 Å². The third-order valence-electron chi connectivity index (χ3n) is 1.78. The molecule has 1 rings (SSSR count). The maximum Gasteiger partial charge on any atom is 0.242 e. The van der Waals surface area contributed by atoms with Gasteiger partial charge in [0.2, 0.25) is 10.0 Å². The molecule has 1 aromatic rings. The van der Waals surface area contributed by atoms with Crippen molar-refractivity contribution in [2.45, 2.75) is 17.9 Å². The summed E-state index contributed by atoms with van der Waals surface area (Å²) < 4.78 is 30.9. The van der Waals surface area contributed by atoms with Crippen LogP contribution in [0.4, 0.5) is 0 Å². The monoisotopic (exact) mass is 264 g/mol. The minimum atomic E-state index is -3.55. The van der Waals surface area contributed by atoms with Crippen molar-refractivity contribution in [3.8, 4) is 0 Å². The average Bonchev–Trinajstić information content (AvgIpc) is 2.17. The van der Waals surface area contributed by atoms with Crippen LogP contribution in [0, 0.1) is 0 Å². The van der Waals surface area contributed by atoms with Crippen LogP contribution in [0.25, 0.3) is 0 Å². The molecule has 16 heavy (non-hydrogen) atoms. The molecule has 1 aromatic heterocycles. The molecule has 0 aliphatic carbocycles. The van der Waals surface area contributed by atoms with Gasteiger partial charge in [-0.2, -0.15) is 0 Å². The smallest absolute Gasteiger partial charge is 0.242 e. The molecule has 0 bridgehead atoms. The molecule has 0 aliphatic rings. The van der Waals surface area contributed by atoms with Crippen molar-refractivity contribution in [2.24, 2.45) is 0 Å². The summed E-state index contributed by atoms with van der Waals surface area (Å²) in [6.07, 6.45) is 1.21. The Morgan fingerprint density at radius 2 is 2.25 bits per heavy atom. The van der Waals surface area contributed by atoms with Crippen LogP contribution in [0.15, 0.2) is 23.2 Å². The summed E-state index contributed by atoms with van der Waals surface area (Å²) in [5.74, 6) is 0. The van der Waals surface area contributed by atoms with Gasteiger partial charge in [0.05, 0.1) is 6.61 Å². The van der Waals surface area contributed by atoms with E-state index < -0.39 is 10.0 Å².